The van der Waals surface area contributed by atoms with Crippen LogP contribution >= 0.6 is 0 Å². The molecule has 0 radical (unpaired) electrons. The second-order valence-corrected chi connectivity index (χ2v) is 9.47. The average molecular weight is 486 g/mol. The molecule has 1 aliphatic heterocycles. The Labute approximate surface area is 211 Å². The first-order valence-electron chi connectivity index (χ1n) is 12.0. The number of nitrogens with zero attached hydrogens (tertiary/aromatic N) is 1. The van der Waals surface area contributed by atoms with Crippen LogP contribution in [0.1, 0.15) is 52.6 Å². The van der Waals surface area contributed by atoms with Gasteiger partial charge in [0.05, 0.1) is 6.54 Å². The lowest BCUT2D eigenvalue weighted by molar-refractivity contribution is -0.126. The number of ether oxygens (including phenoxy) is 1. The Morgan fingerprint density at radius 2 is 1.58 bits per heavy atom. The van der Waals surface area contributed by atoms with Crippen LogP contribution in [0.2, 0.25) is 0 Å². The first-order valence-corrected chi connectivity index (χ1v) is 12.0. The van der Waals surface area contributed by atoms with Gasteiger partial charge in [-0.05, 0) is 63.1 Å². The zero-order valence-corrected chi connectivity index (χ0v) is 20.9. The highest BCUT2D eigenvalue weighted by molar-refractivity contribution is 6.04. The predicted octanol–water partition coefficient (Wildman–Crippen LogP) is 5.14. The van der Waals surface area contributed by atoms with E-state index in [1.807, 2.05) is 64.1 Å². The maximum absolute atomic E-state index is 13.3. The molecule has 3 aromatic carbocycles. The summed E-state index contributed by atoms with van der Waals surface area (Å²) in [5.74, 6) is -0.535. The first-order chi connectivity index (χ1) is 17.2. The summed E-state index contributed by atoms with van der Waals surface area (Å²) in [4.78, 5) is 40.4. The lowest BCUT2D eigenvalue weighted by Gasteiger charge is -2.25. The fourth-order valence-electron chi connectivity index (χ4n) is 4.17. The Hall–Kier alpha value is -4.13. The smallest absolute Gasteiger partial charge is 0.411 e. The van der Waals surface area contributed by atoms with E-state index in [0.29, 0.717) is 16.8 Å². The maximum atomic E-state index is 13.3. The highest BCUT2D eigenvalue weighted by Gasteiger charge is 2.47. The lowest BCUT2D eigenvalue weighted by Crippen LogP contribution is -2.48. The molecule has 0 spiro atoms. The molecule has 36 heavy (non-hydrogen) atoms. The highest BCUT2D eigenvalue weighted by Crippen LogP contribution is 2.35. The Kier molecular flexibility index (Phi) is 7.38. The maximum Gasteiger partial charge on any atom is 0.411 e. The number of amides is 3. The van der Waals surface area contributed by atoms with E-state index in [4.69, 9.17) is 4.74 Å². The largest absolute Gasteiger partial charge is 0.438 e. The number of nitrogens with one attached hydrogen (secondary N) is 2. The summed E-state index contributed by atoms with van der Waals surface area (Å²) in [6.07, 6.45) is -1.38. The third-order valence-electron chi connectivity index (χ3n) is 6.04. The van der Waals surface area contributed by atoms with Gasteiger partial charge in [-0.25, -0.2) is 4.79 Å². The van der Waals surface area contributed by atoms with E-state index in [-0.39, 0.29) is 24.4 Å². The molecule has 0 saturated carbocycles. The van der Waals surface area contributed by atoms with Crippen molar-refractivity contribution in [2.45, 2.75) is 52.4 Å². The van der Waals surface area contributed by atoms with Gasteiger partial charge >= 0.3 is 6.09 Å². The minimum absolute atomic E-state index is 0.102. The predicted molar refractivity (Wildman–Crippen MR) is 139 cm³/mol. The number of cyclic esters (lactones) is 1. The second-order valence-electron chi connectivity index (χ2n) is 9.47. The van der Waals surface area contributed by atoms with E-state index < -0.39 is 18.2 Å². The van der Waals surface area contributed by atoms with Crippen LogP contribution in [0.3, 0.4) is 0 Å². The van der Waals surface area contributed by atoms with Gasteiger partial charge < -0.3 is 15.4 Å². The van der Waals surface area contributed by atoms with E-state index in [2.05, 4.69) is 10.6 Å². The zero-order chi connectivity index (χ0) is 25.8. The van der Waals surface area contributed by atoms with E-state index in [9.17, 15) is 14.4 Å². The van der Waals surface area contributed by atoms with Crippen molar-refractivity contribution in [3.05, 3.63) is 101 Å². The van der Waals surface area contributed by atoms with Crippen molar-refractivity contribution < 1.29 is 19.1 Å². The summed E-state index contributed by atoms with van der Waals surface area (Å²) in [7, 11) is 0. The summed E-state index contributed by atoms with van der Waals surface area (Å²) < 4.78 is 5.74. The summed E-state index contributed by atoms with van der Waals surface area (Å²) in [6, 6.07) is 21.2. The molecule has 2 N–H and O–H groups in total. The van der Waals surface area contributed by atoms with Gasteiger partial charge in [0.2, 0.25) is 5.91 Å². The quantitative estimate of drug-likeness (QED) is 0.485. The number of carbonyl (C=O) groups is 3. The van der Waals surface area contributed by atoms with Crippen LogP contribution in [0.5, 0.6) is 0 Å². The van der Waals surface area contributed by atoms with E-state index >= 15 is 0 Å². The number of aryl methyl sites for hydroxylation is 2. The van der Waals surface area contributed by atoms with Crippen LogP contribution in [0.15, 0.2) is 72.8 Å². The Morgan fingerprint density at radius 3 is 2.22 bits per heavy atom. The fourth-order valence-corrected chi connectivity index (χ4v) is 4.17. The molecule has 1 aliphatic rings. The van der Waals surface area contributed by atoms with Crippen molar-refractivity contribution in [2.24, 2.45) is 0 Å². The van der Waals surface area contributed by atoms with Gasteiger partial charge in [0.15, 0.2) is 12.1 Å². The molecule has 1 heterocycles. The van der Waals surface area contributed by atoms with Gasteiger partial charge in [0.25, 0.3) is 5.91 Å². The monoisotopic (exact) mass is 485 g/mol. The molecule has 186 valence electrons. The number of hydrogen-bond donors (Lipinski definition) is 2. The number of rotatable bonds is 7. The summed E-state index contributed by atoms with van der Waals surface area (Å²) in [5.41, 5.74) is 4.79. The molecule has 2 unspecified atom stereocenters. The number of carbonyl (C=O) groups excluding carboxylic acids is 3. The van der Waals surface area contributed by atoms with Crippen molar-refractivity contribution in [3.8, 4) is 0 Å². The highest BCUT2D eigenvalue weighted by atomic mass is 16.6. The summed E-state index contributed by atoms with van der Waals surface area (Å²) in [5, 5.41) is 5.81. The number of benzene rings is 3. The fraction of sp³-hybridized carbons (Fsp3) is 0.276. The topological polar surface area (TPSA) is 87.7 Å². The number of anilines is 1. The summed E-state index contributed by atoms with van der Waals surface area (Å²) in [6.45, 7) is 7.94. The second kappa shape index (κ2) is 10.6. The van der Waals surface area contributed by atoms with Gasteiger partial charge in [-0.3, -0.25) is 14.5 Å². The van der Waals surface area contributed by atoms with Crippen LogP contribution < -0.4 is 10.6 Å². The van der Waals surface area contributed by atoms with Crippen molar-refractivity contribution in [1.82, 2.24) is 10.2 Å². The minimum Gasteiger partial charge on any atom is -0.438 e. The van der Waals surface area contributed by atoms with E-state index in [0.717, 1.165) is 16.7 Å². The Bertz CT molecular complexity index is 1250. The first kappa shape index (κ1) is 25.0. The third kappa shape index (κ3) is 5.74. The van der Waals surface area contributed by atoms with Crippen LogP contribution in [-0.4, -0.2) is 34.9 Å². The van der Waals surface area contributed by atoms with Gasteiger partial charge in [-0.1, -0.05) is 59.7 Å². The molecule has 7 heteroatoms. The van der Waals surface area contributed by atoms with Gasteiger partial charge in [-0.2, -0.15) is 0 Å². The molecule has 1 fully saturated rings. The molecule has 7 nitrogen and oxygen atoms in total. The molecule has 1 saturated heterocycles. The minimum atomic E-state index is -0.857. The van der Waals surface area contributed by atoms with Gasteiger partial charge in [0.1, 0.15) is 0 Å². The molecular formula is C29H31N3O4. The molecule has 0 aliphatic carbocycles. The molecule has 4 rings (SSSR count). The average Bonchev–Trinajstić information content (AvgIpc) is 3.16. The van der Waals surface area contributed by atoms with E-state index in [1.54, 1.807) is 36.4 Å². The van der Waals surface area contributed by atoms with Crippen LogP contribution in [0.4, 0.5) is 10.5 Å². The molecule has 0 aromatic heterocycles. The third-order valence-corrected chi connectivity index (χ3v) is 6.04. The van der Waals surface area contributed by atoms with Crippen LogP contribution in [0, 0.1) is 13.8 Å². The standard InChI is InChI=1S/C29H31N3O4/c1-18(2)30-28(34)25-26(36-29(35)32(25)17-21-12-8-19(3)9-13-21)23-6-5-7-24(16-23)31-27(33)22-14-10-20(4)11-15-22/h5-16,18,25-26H,17H2,1-4H3,(H,30,34)(H,31,33). The molecule has 3 amide bonds. The Balaban J connectivity index is 1.60. The normalized spacial score (nSPS) is 17.1. The van der Waals surface area contributed by atoms with Gasteiger partial charge in [-0.15, -0.1) is 0 Å². The summed E-state index contributed by atoms with van der Waals surface area (Å²) >= 11 is 0. The molecule has 3 aromatic rings. The Morgan fingerprint density at radius 1 is 0.944 bits per heavy atom. The van der Waals surface area contributed by atoms with Crippen molar-refractivity contribution in [1.29, 1.82) is 0 Å². The van der Waals surface area contributed by atoms with Crippen molar-refractivity contribution in [3.63, 3.8) is 0 Å². The zero-order valence-electron chi connectivity index (χ0n) is 20.9. The van der Waals surface area contributed by atoms with Crippen LogP contribution in [-0.2, 0) is 16.1 Å². The number of hydrogen-bond acceptors (Lipinski definition) is 4. The van der Waals surface area contributed by atoms with Crippen molar-refractivity contribution >= 4 is 23.6 Å². The van der Waals surface area contributed by atoms with Crippen molar-refractivity contribution in [2.75, 3.05) is 5.32 Å². The lowest BCUT2D eigenvalue weighted by atomic mass is 9.99. The van der Waals surface area contributed by atoms with E-state index in [1.165, 1.54) is 4.90 Å². The van der Waals surface area contributed by atoms with Crippen LogP contribution in [0.25, 0.3) is 0 Å². The molecule has 0 bridgehead atoms. The molecular weight excluding hydrogens is 454 g/mol. The van der Waals surface area contributed by atoms with Gasteiger partial charge in [0, 0.05) is 17.3 Å². The molecule has 2 atom stereocenters. The SMILES string of the molecule is Cc1ccc(CN2C(=O)OC(c3cccc(NC(=O)c4ccc(C)cc4)c3)C2C(=O)NC(C)C)cc1.